The molecular weight excluding hydrogens is 152 g/mol. The first-order chi connectivity index (χ1) is 5.47. The van der Waals surface area contributed by atoms with E-state index in [0.29, 0.717) is 0 Å². The summed E-state index contributed by atoms with van der Waals surface area (Å²) in [5, 5.41) is 0. The topological polar surface area (TPSA) is 25.1 Å². The lowest BCUT2D eigenvalue weighted by Gasteiger charge is -2.36. The van der Waals surface area contributed by atoms with E-state index in [2.05, 4.69) is 27.7 Å². The maximum Gasteiger partial charge on any atom is 0.0969 e. The van der Waals surface area contributed by atoms with Crippen LogP contribution in [0.25, 0.3) is 0 Å². The molecule has 0 N–H and O–H groups in total. The van der Waals surface area contributed by atoms with Gasteiger partial charge in [-0.1, -0.05) is 13.8 Å². The molecule has 0 aliphatic carbocycles. The van der Waals surface area contributed by atoms with Crippen LogP contribution in [0, 0.1) is 5.41 Å². The molecule has 2 unspecified atom stereocenters. The van der Waals surface area contributed by atoms with E-state index in [1.165, 1.54) is 0 Å². The second-order valence-electron chi connectivity index (χ2n) is 4.72. The first-order valence-electron chi connectivity index (χ1n) is 4.75. The van der Waals surface area contributed by atoms with Crippen LogP contribution in [0.4, 0.5) is 0 Å². The molecule has 2 saturated heterocycles. The lowest BCUT2D eigenvalue weighted by molar-refractivity contribution is 0.0396. The van der Waals surface area contributed by atoms with Gasteiger partial charge in [0.1, 0.15) is 0 Å². The van der Waals surface area contributed by atoms with E-state index in [1.54, 1.807) is 0 Å². The van der Waals surface area contributed by atoms with Crippen molar-refractivity contribution in [3.05, 3.63) is 0 Å². The van der Waals surface area contributed by atoms with Crippen molar-refractivity contribution in [1.82, 2.24) is 0 Å². The molecule has 2 atom stereocenters. The minimum Gasteiger partial charge on any atom is -0.369 e. The predicted octanol–water partition coefficient (Wildman–Crippen LogP) is 1.98. The lowest BCUT2D eigenvalue weighted by Crippen LogP contribution is -2.44. The Morgan fingerprint density at radius 3 is 1.67 bits per heavy atom. The molecule has 2 nitrogen and oxygen atoms in total. The summed E-state index contributed by atoms with van der Waals surface area (Å²) in [5.41, 5.74) is 0.347. The molecule has 0 aromatic rings. The average molecular weight is 170 g/mol. The van der Waals surface area contributed by atoms with Crippen LogP contribution < -0.4 is 0 Å². The number of hydrogen-bond donors (Lipinski definition) is 0. The van der Waals surface area contributed by atoms with Gasteiger partial charge in [-0.15, -0.1) is 0 Å². The van der Waals surface area contributed by atoms with E-state index in [0.717, 1.165) is 19.6 Å². The van der Waals surface area contributed by atoms with Crippen molar-refractivity contribution in [3.8, 4) is 0 Å². The smallest absolute Gasteiger partial charge is 0.0969 e. The van der Waals surface area contributed by atoms with E-state index < -0.39 is 0 Å². The van der Waals surface area contributed by atoms with E-state index in [9.17, 15) is 0 Å². The summed E-state index contributed by atoms with van der Waals surface area (Å²) in [7, 11) is 0. The molecule has 0 aromatic heterocycles. The van der Waals surface area contributed by atoms with Gasteiger partial charge in [0.05, 0.1) is 24.4 Å². The molecule has 2 aliphatic heterocycles. The zero-order valence-corrected chi connectivity index (χ0v) is 8.44. The van der Waals surface area contributed by atoms with Gasteiger partial charge in [0.2, 0.25) is 0 Å². The Hall–Kier alpha value is -0.0800. The molecule has 0 bridgehead atoms. The van der Waals surface area contributed by atoms with Gasteiger partial charge in [-0.2, -0.15) is 0 Å². The fraction of sp³-hybridized carbons (Fsp3) is 1.00. The van der Waals surface area contributed by atoms with Gasteiger partial charge in [-0.05, 0) is 20.3 Å². The van der Waals surface area contributed by atoms with Crippen molar-refractivity contribution in [3.63, 3.8) is 0 Å². The summed E-state index contributed by atoms with van der Waals surface area (Å²) in [4.78, 5) is 0. The molecule has 2 fully saturated rings. The highest BCUT2D eigenvalue weighted by Gasteiger charge is 2.67. The van der Waals surface area contributed by atoms with E-state index >= 15 is 0 Å². The highest BCUT2D eigenvalue weighted by atomic mass is 16.6. The molecule has 0 radical (unpaired) electrons. The summed E-state index contributed by atoms with van der Waals surface area (Å²) < 4.78 is 11.1. The van der Waals surface area contributed by atoms with Gasteiger partial charge in [-0.25, -0.2) is 0 Å². The van der Waals surface area contributed by atoms with Crippen molar-refractivity contribution < 1.29 is 9.47 Å². The van der Waals surface area contributed by atoms with Crippen LogP contribution in [0.5, 0.6) is 0 Å². The number of ether oxygens (including phenoxy) is 2. The van der Waals surface area contributed by atoms with E-state index in [-0.39, 0.29) is 16.6 Å². The van der Waals surface area contributed by atoms with Crippen LogP contribution in [-0.4, -0.2) is 24.4 Å². The third-order valence-electron chi connectivity index (χ3n) is 4.20. The van der Waals surface area contributed by atoms with Crippen molar-refractivity contribution in [2.45, 2.75) is 45.3 Å². The summed E-state index contributed by atoms with van der Waals surface area (Å²) in [6, 6.07) is 0. The highest BCUT2D eigenvalue weighted by molar-refractivity contribution is 5.15. The standard InChI is InChI=1S/C10H18O2/c1-5-8(2,9(3)6-11-9)10(4)7-12-10/h5-7H2,1-4H3. The van der Waals surface area contributed by atoms with Crippen molar-refractivity contribution >= 4 is 0 Å². The molecule has 0 aromatic carbocycles. The Balaban J connectivity index is 2.24. The van der Waals surface area contributed by atoms with Gasteiger partial charge in [0.25, 0.3) is 0 Å². The average Bonchev–Trinajstić information content (AvgIpc) is 2.90. The minimum atomic E-state index is 0.0764. The van der Waals surface area contributed by atoms with Crippen LogP contribution >= 0.6 is 0 Å². The molecule has 2 aliphatic rings. The normalized spacial score (nSPS) is 50.0. The van der Waals surface area contributed by atoms with Gasteiger partial charge in [0.15, 0.2) is 0 Å². The van der Waals surface area contributed by atoms with Crippen LogP contribution in [0.3, 0.4) is 0 Å². The van der Waals surface area contributed by atoms with E-state index in [4.69, 9.17) is 9.47 Å². The Morgan fingerprint density at radius 1 is 1.17 bits per heavy atom. The SMILES string of the molecule is CCC(C)(C1(C)CO1)C1(C)CO1. The summed E-state index contributed by atoms with van der Waals surface area (Å²) >= 11 is 0. The molecule has 0 spiro atoms. The van der Waals surface area contributed by atoms with Crippen LogP contribution in [-0.2, 0) is 9.47 Å². The van der Waals surface area contributed by atoms with Gasteiger partial charge < -0.3 is 9.47 Å². The third kappa shape index (κ3) is 0.826. The summed E-state index contributed by atoms with van der Waals surface area (Å²) in [5.74, 6) is 0. The maximum absolute atomic E-state index is 5.54. The van der Waals surface area contributed by atoms with Crippen LogP contribution in [0.2, 0.25) is 0 Å². The summed E-state index contributed by atoms with van der Waals surface area (Å²) in [6.07, 6.45) is 1.12. The van der Waals surface area contributed by atoms with Crippen molar-refractivity contribution in [2.24, 2.45) is 5.41 Å². The first kappa shape index (κ1) is 8.52. The fourth-order valence-electron chi connectivity index (χ4n) is 2.16. The predicted molar refractivity (Wildman–Crippen MR) is 47.1 cm³/mol. The van der Waals surface area contributed by atoms with Crippen LogP contribution in [0.1, 0.15) is 34.1 Å². The Morgan fingerprint density at radius 2 is 1.50 bits per heavy atom. The molecule has 70 valence electrons. The molecular formula is C10H18O2. The molecule has 2 heterocycles. The Bertz CT molecular complexity index is 184. The van der Waals surface area contributed by atoms with Gasteiger partial charge >= 0.3 is 0 Å². The fourth-order valence-corrected chi connectivity index (χ4v) is 2.16. The zero-order chi connectivity index (χ0) is 9.04. The highest BCUT2D eigenvalue weighted by Crippen LogP contribution is 2.58. The Kier molecular flexibility index (Phi) is 1.45. The third-order valence-corrected chi connectivity index (χ3v) is 4.20. The van der Waals surface area contributed by atoms with E-state index in [1.807, 2.05) is 0 Å². The second kappa shape index (κ2) is 2.05. The van der Waals surface area contributed by atoms with Crippen molar-refractivity contribution in [2.75, 3.05) is 13.2 Å². The first-order valence-corrected chi connectivity index (χ1v) is 4.75. The number of hydrogen-bond acceptors (Lipinski definition) is 2. The monoisotopic (exact) mass is 170 g/mol. The van der Waals surface area contributed by atoms with Crippen molar-refractivity contribution in [1.29, 1.82) is 0 Å². The molecule has 0 amide bonds. The largest absolute Gasteiger partial charge is 0.369 e. The maximum atomic E-state index is 5.54. The van der Waals surface area contributed by atoms with Gasteiger partial charge in [0, 0.05) is 5.41 Å². The minimum absolute atomic E-state index is 0.0764. The summed E-state index contributed by atoms with van der Waals surface area (Å²) in [6.45, 7) is 10.7. The zero-order valence-electron chi connectivity index (χ0n) is 8.44. The lowest BCUT2D eigenvalue weighted by atomic mass is 9.67. The van der Waals surface area contributed by atoms with Crippen LogP contribution in [0.15, 0.2) is 0 Å². The molecule has 2 heteroatoms. The Labute approximate surface area is 74.2 Å². The quantitative estimate of drug-likeness (QED) is 0.605. The second-order valence-corrected chi connectivity index (χ2v) is 4.72. The molecule has 2 rings (SSSR count). The number of epoxide rings is 2. The van der Waals surface area contributed by atoms with Gasteiger partial charge in [-0.3, -0.25) is 0 Å². The number of rotatable bonds is 3. The molecule has 12 heavy (non-hydrogen) atoms. The molecule has 0 saturated carbocycles.